The third-order valence-electron chi connectivity index (χ3n) is 1.58. The minimum atomic E-state index is -5.02. The standard InChI is InChI=1S/C9H16BF3NO2/c1-7(10(11,12)13)5-6-14-8(15)16-9(2,3)4/h1,5-6H2,2-4H3,(H,14,15)/q-1. The maximum absolute atomic E-state index is 12.1. The van der Waals surface area contributed by atoms with Crippen LogP contribution < -0.4 is 5.32 Å². The number of hydrogen-bond acceptors (Lipinski definition) is 2. The van der Waals surface area contributed by atoms with Gasteiger partial charge in [0, 0.05) is 6.54 Å². The molecule has 0 spiro atoms. The molecule has 94 valence electrons. The molecule has 0 atom stereocenters. The van der Waals surface area contributed by atoms with E-state index in [4.69, 9.17) is 4.74 Å². The maximum atomic E-state index is 12.1. The van der Waals surface area contributed by atoms with Crippen molar-refractivity contribution in [1.29, 1.82) is 0 Å². The number of carbonyl (C=O) groups excluding carboxylic acids is 1. The first-order valence-corrected chi connectivity index (χ1v) is 4.87. The zero-order valence-electron chi connectivity index (χ0n) is 9.65. The maximum Gasteiger partial charge on any atom is 0.505 e. The van der Waals surface area contributed by atoms with Crippen LogP contribution in [-0.2, 0) is 4.74 Å². The Hall–Kier alpha value is -1.14. The monoisotopic (exact) mass is 238 g/mol. The molecule has 16 heavy (non-hydrogen) atoms. The van der Waals surface area contributed by atoms with Crippen molar-refractivity contribution in [3.63, 3.8) is 0 Å². The Morgan fingerprint density at radius 1 is 1.38 bits per heavy atom. The number of ether oxygens (including phenoxy) is 1. The van der Waals surface area contributed by atoms with E-state index in [0.717, 1.165) is 0 Å². The van der Waals surface area contributed by atoms with Gasteiger partial charge in [-0.1, -0.05) is 0 Å². The zero-order valence-corrected chi connectivity index (χ0v) is 9.65. The number of carbonyl (C=O) groups is 1. The second kappa shape index (κ2) is 5.27. The van der Waals surface area contributed by atoms with E-state index in [1.54, 1.807) is 20.8 Å². The summed E-state index contributed by atoms with van der Waals surface area (Å²) in [5.41, 5.74) is -1.47. The molecule has 0 radical (unpaired) electrons. The highest BCUT2D eigenvalue weighted by molar-refractivity contribution is 6.66. The summed E-state index contributed by atoms with van der Waals surface area (Å²) in [6.45, 7) is 2.77. The van der Waals surface area contributed by atoms with Crippen LogP contribution in [0.15, 0.2) is 12.1 Å². The molecule has 0 saturated carbocycles. The summed E-state index contributed by atoms with van der Waals surface area (Å²) in [5.74, 6) is 0. The Morgan fingerprint density at radius 3 is 2.25 bits per heavy atom. The van der Waals surface area contributed by atoms with E-state index >= 15 is 0 Å². The number of nitrogens with one attached hydrogen (secondary N) is 1. The molecule has 0 aliphatic rings. The van der Waals surface area contributed by atoms with Crippen LogP contribution in [0.2, 0.25) is 0 Å². The highest BCUT2D eigenvalue weighted by atomic mass is 19.4. The average molecular weight is 238 g/mol. The molecule has 3 nitrogen and oxygen atoms in total. The van der Waals surface area contributed by atoms with E-state index in [1.807, 2.05) is 0 Å². The van der Waals surface area contributed by atoms with Crippen molar-refractivity contribution in [3.05, 3.63) is 12.1 Å². The topological polar surface area (TPSA) is 38.3 Å². The molecule has 0 unspecified atom stereocenters. The highest BCUT2D eigenvalue weighted by Crippen LogP contribution is 2.20. The minimum Gasteiger partial charge on any atom is -0.445 e. The van der Waals surface area contributed by atoms with Crippen molar-refractivity contribution >= 4 is 13.1 Å². The third kappa shape index (κ3) is 7.20. The lowest BCUT2D eigenvalue weighted by Crippen LogP contribution is -2.34. The van der Waals surface area contributed by atoms with Crippen LogP contribution >= 0.6 is 0 Å². The molecule has 0 aromatic rings. The molecule has 0 fully saturated rings. The molecule has 1 N–H and O–H groups in total. The van der Waals surface area contributed by atoms with Gasteiger partial charge in [-0.3, -0.25) is 0 Å². The van der Waals surface area contributed by atoms with Crippen LogP contribution in [0.5, 0.6) is 0 Å². The van der Waals surface area contributed by atoms with Gasteiger partial charge in [0.25, 0.3) is 0 Å². The Bertz CT molecular complexity index is 271. The van der Waals surface area contributed by atoms with Gasteiger partial charge in [0.2, 0.25) is 0 Å². The highest BCUT2D eigenvalue weighted by Gasteiger charge is 2.26. The van der Waals surface area contributed by atoms with Gasteiger partial charge < -0.3 is 23.0 Å². The van der Waals surface area contributed by atoms with Gasteiger partial charge in [0.05, 0.1) is 0 Å². The summed E-state index contributed by atoms with van der Waals surface area (Å²) in [7, 11) is 0. The molecule has 1 amide bonds. The van der Waals surface area contributed by atoms with Crippen molar-refractivity contribution in [2.45, 2.75) is 32.8 Å². The summed E-state index contributed by atoms with van der Waals surface area (Å²) in [6.07, 6.45) is -1.04. The fraction of sp³-hybridized carbons (Fsp3) is 0.667. The zero-order chi connectivity index (χ0) is 13.0. The lowest BCUT2D eigenvalue weighted by Gasteiger charge is -2.21. The summed E-state index contributed by atoms with van der Waals surface area (Å²) in [4.78, 5) is 11.1. The van der Waals surface area contributed by atoms with Gasteiger partial charge in [-0.15, -0.1) is 12.1 Å². The first-order chi connectivity index (χ1) is 7.02. The molecule has 0 rings (SSSR count). The molecular weight excluding hydrogens is 222 g/mol. The van der Waals surface area contributed by atoms with Gasteiger partial charge in [-0.25, -0.2) is 4.79 Å². The quantitative estimate of drug-likeness (QED) is 0.764. The third-order valence-corrected chi connectivity index (χ3v) is 1.58. The van der Waals surface area contributed by atoms with Crippen molar-refractivity contribution in [1.82, 2.24) is 5.32 Å². The van der Waals surface area contributed by atoms with Crippen LogP contribution in [0, 0.1) is 0 Å². The predicted octanol–water partition coefficient (Wildman–Crippen LogP) is 2.84. The smallest absolute Gasteiger partial charge is 0.445 e. The summed E-state index contributed by atoms with van der Waals surface area (Å²) >= 11 is 0. The Morgan fingerprint density at radius 2 is 1.88 bits per heavy atom. The van der Waals surface area contributed by atoms with Crippen LogP contribution in [0.4, 0.5) is 17.7 Å². The van der Waals surface area contributed by atoms with E-state index in [-0.39, 0.29) is 13.0 Å². The fourth-order valence-electron chi connectivity index (χ4n) is 0.803. The van der Waals surface area contributed by atoms with Crippen LogP contribution in [0.1, 0.15) is 27.2 Å². The Labute approximate surface area is 93.1 Å². The predicted molar refractivity (Wildman–Crippen MR) is 57.1 cm³/mol. The van der Waals surface area contributed by atoms with Crippen LogP contribution in [-0.4, -0.2) is 25.2 Å². The van der Waals surface area contributed by atoms with E-state index < -0.39 is 24.1 Å². The van der Waals surface area contributed by atoms with Crippen molar-refractivity contribution < 1.29 is 22.5 Å². The van der Waals surface area contributed by atoms with Gasteiger partial charge >= 0.3 is 13.1 Å². The number of hydrogen-bond donors (Lipinski definition) is 1. The molecule has 0 aromatic carbocycles. The Kier molecular flexibility index (Phi) is 4.90. The molecular formula is C9H16BF3NO2-. The Balaban J connectivity index is 3.84. The van der Waals surface area contributed by atoms with E-state index in [1.165, 1.54) is 0 Å². The fourth-order valence-corrected chi connectivity index (χ4v) is 0.803. The average Bonchev–Trinajstić information content (AvgIpc) is 1.98. The SMILES string of the molecule is C=C(CCNC(=O)OC(C)(C)C)[B-](F)(F)F. The van der Waals surface area contributed by atoms with Crippen molar-refractivity contribution in [3.8, 4) is 0 Å². The van der Waals surface area contributed by atoms with E-state index in [0.29, 0.717) is 0 Å². The van der Waals surface area contributed by atoms with Gasteiger partial charge in [-0.2, -0.15) is 0 Å². The molecule has 0 aromatic heterocycles. The molecule has 0 aliphatic carbocycles. The number of alkyl carbamates (subject to hydrolysis) is 1. The van der Waals surface area contributed by atoms with Crippen LogP contribution in [0.25, 0.3) is 0 Å². The second-order valence-corrected chi connectivity index (χ2v) is 4.41. The first-order valence-electron chi connectivity index (χ1n) is 4.87. The van der Waals surface area contributed by atoms with Crippen molar-refractivity contribution in [2.24, 2.45) is 0 Å². The molecule has 0 bridgehead atoms. The van der Waals surface area contributed by atoms with E-state index in [9.17, 15) is 17.7 Å². The van der Waals surface area contributed by atoms with E-state index in [2.05, 4.69) is 11.9 Å². The summed E-state index contributed by atoms with van der Waals surface area (Å²) in [5, 5.41) is 2.23. The lowest BCUT2D eigenvalue weighted by molar-refractivity contribution is 0.0528. The number of halogens is 3. The van der Waals surface area contributed by atoms with Gasteiger partial charge in [0.15, 0.2) is 0 Å². The van der Waals surface area contributed by atoms with Crippen LogP contribution in [0.3, 0.4) is 0 Å². The summed E-state index contributed by atoms with van der Waals surface area (Å²) < 4.78 is 41.0. The molecule has 0 aliphatic heterocycles. The second-order valence-electron chi connectivity index (χ2n) is 4.41. The summed E-state index contributed by atoms with van der Waals surface area (Å²) in [6, 6.07) is 0. The van der Waals surface area contributed by atoms with Crippen molar-refractivity contribution in [2.75, 3.05) is 6.54 Å². The molecule has 0 heterocycles. The minimum absolute atomic E-state index is 0.130. The lowest BCUT2D eigenvalue weighted by atomic mass is 9.78. The largest absolute Gasteiger partial charge is 0.505 e. The molecule has 7 heteroatoms. The number of rotatable bonds is 4. The van der Waals surface area contributed by atoms with Gasteiger partial charge in [0.1, 0.15) is 5.60 Å². The normalized spacial score (nSPS) is 12.1. The number of amides is 1. The van der Waals surface area contributed by atoms with Gasteiger partial charge in [-0.05, 0) is 27.2 Å². The first kappa shape index (κ1) is 14.9. The molecule has 0 saturated heterocycles.